The van der Waals surface area contributed by atoms with Crippen LogP contribution in [0.3, 0.4) is 0 Å². The summed E-state index contributed by atoms with van der Waals surface area (Å²) in [7, 11) is 0. The maximum absolute atomic E-state index is 11.5. The normalized spacial score (nSPS) is 10.0. The van der Waals surface area contributed by atoms with Gasteiger partial charge < -0.3 is 9.36 Å². The topological polar surface area (TPSA) is 82.2 Å². The van der Waals surface area contributed by atoms with Gasteiger partial charge in [0.1, 0.15) is 6.29 Å². The van der Waals surface area contributed by atoms with Gasteiger partial charge in [-0.2, -0.15) is 0 Å². The van der Waals surface area contributed by atoms with Gasteiger partial charge in [0.05, 0.1) is 22.1 Å². The van der Waals surface area contributed by atoms with Crippen LogP contribution in [0.25, 0.3) is 0 Å². The number of hydrogen-bond acceptors (Lipinski definition) is 4. The summed E-state index contributed by atoms with van der Waals surface area (Å²) in [5.41, 5.74) is -0.388. The van der Waals surface area contributed by atoms with Gasteiger partial charge in [0.25, 0.3) is 11.2 Å². The van der Waals surface area contributed by atoms with Gasteiger partial charge in [-0.25, -0.2) is 0 Å². The third kappa shape index (κ3) is 2.12. The van der Waals surface area contributed by atoms with Gasteiger partial charge in [0, 0.05) is 5.56 Å². The highest BCUT2D eigenvalue weighted by atomic mass is 79.9. The van der Waals surface area contributed by atoms with Crippen LogP contribution in [0.15, 0.2) is 15.5 Å². The Balaban J connectivity index is 3.52. The highest BCUT2D eigenvalue weighted by molar-refractivity contribution is 9.10. The third-order valence-corrected chi connectivity index (χ3v) is 2.84. The van der Waals surface area contributed by atoms with Gasteiger partial charge in [-0.3, -0.25) is 14.9 Å². The molecule has 0 N–H and O–H groups in total. The second-order valence-corrected chi connectivity index (χ2v) is 3.63. The van der Waals surface area contributed by atoms with Crippen LogP contribution < -0.4 is 5.56 Å². The molecule has 80 valence electrons. The summed E-state index contributed by atoms with van der Waals surface area (Å²) < 4.78 is 1.10. The second kappa shape index (κ2) is 4.35. The maximum Gasteiger partial charge on any atom is 0.289 e. The van der Waals surface area contributed by atoms with Crippen molar-refractivity contribution in [2.45, 2.75) is 13.5 Å². The van der Waals surface area contributed by atoms with Crippen molar-refractivity contribution in [2.24, 2.45) is 0 Å². The van der Waals surface area contributed by atoms with Crippen LogP contribution >= 0.6 is 15.9 Å². The number of pyridine rings is 1. The molecule has 1 aromatic heterocycles. The highest BCUT2D eigenvalue weighted by Crippen LogP contribution is 2.21. The number of halogens is 1. The number of aldehydes is 1. The lowest BCUT2D eigenvalue weighted by atomic mass is 10.2. The predicted octanol–water partition coefficient (Wildman–Crippen LogP) is 1.03. The molecule has 1 rings (SSSR count). The monoisotopic (exact) mass is 274 g/mol. The van der Waals surface area contributed by atoms with E-state index in [1.165, 1.54) is 6.92 Å². The van der Waals surface area contributed by atoms with Crippen LogP contribution in [-0.4, -0.2) is 15.8 Å². The first-order valence-corrected chi connectivity index (χ1v) is 4.76. The maximum atomic E-state index is 11.5. The molecule has 0 atom stereocenters. The minimum Gasteiger partial charge on any atom is -0.301 e. The molecule has 1 heterocycles. The van der Waals surface area contributed by atoms with Crippen molar-refractivity contribution in [3.05, 3.63) is 36.7 Å². The predicted molar refractivity (Wildman–Crippen MR) is 55.9 cm³/mol. The summed E-state index contributed by atoms with van der Waals surface area (Å²) >= 11 is 2.97. The minimum absolute atomic E-state index is 0.110. The van der Waals surface area contributed by atoms with Gasteiger partial charge in [-0.05, 0) is 22.9 Å². The van der Waals surface area contributed by atoms with Crippen molar-refractivity contribution in [1.29, 1.82) is 0 Å². The molecule has 0 unspecified atom stereocenters. The van der Waals surface area contributed by atoms with E-state index in [9.17, 15) is 19.7 Å². The summed E-state index contributed by atoms with van der Waals surface area (Å²) in [6.07, 6.45) is 1.57. The number of carbonyl (C=O) groups excluding carboxylic acids is 1. The number of rotatable bonds is 3. The van der Waals surface area contributed by atoms with E-state index in [0.29, 0.717) is 6.29 Å². The van der Waals surface area contributed by atoms with Crippen LogP contribution in [0.4, 0.5) is 5.69 Å². The molecule has 15 heavy (non-hydrogen) atoms. The van der Waals surface area contributed by atoms with E-state index < -0.39 is 10.5 Å². The lowest BCUT2D eigenvalue weighted by Gasteiger charge is -2.04. The summed E-state index contributed by atoms with van der Waals surface area (Å²) in [5, 5.41) is 10.6. The molecule has 7 heteroatoms. The zero-order valence-electron chi connectivity index (χ0n) is 7.77. The smallest absolute Gasteiger partial charge is 0.289 e. The van der Waals surface area contributed by atoms with Crippen molar-refractivity contribution >= 4 is 27.9 Å². The lowest BCUT2D eigenvalue weighted by Crippen LogP contribution is -2.22. The molecule has 0 radical (unpaired) electrons. The Hall–Kier alpha value is -1.50. The van der Waals surface area contributed by atoms with Crippen LogP contribution in [-0.2, 0) is 11.3 Å². The summed E-state index contributed by atoms with van der Waals surface area (Å²) in [6.45, 7) is 1.27. The number of aromatic nitrogens is 1. The largest absolute Gasteiger partial charge is 0.301 e. The van der Waals surface area contributed by atoms with E-state index in [1.807, 2.05) is 0 Å². The molecule has 0 aliphatic rings. The van der Waals surface area contributed by atoms with Crippen molar-refractivity contribution in [3.63, 3.8) is 0 Å². The van der Waals surface area contributed by atoms with Crippen molar-refractivity contribution in [2.75, 3.05) is 0 Å². The third-order valence-electron chi connectivity index (χ3n) is 1.91. The average molecular weight is 275 g/mol. The molecule has 0 aromatic carbocycles. The molecule has 6 nitrogen and oxygen atoms in total. The standard InChI is InChI=1S/C8H7BrN2O4/c1-5-6(11(14)15)4-10(2-3-12)8(13)7(5)9/h3-4H,2H2,1H3. The summed E-state index contributed by atoms with van der Waals surface area (Å²) in [5.74, 6) is 0. The Labute approximate surface area is 92.8 Å². The minimum atomic E-state index is -0.596. The first kappa shape index (κ1) is 11.6. The molecule has 1 aromatic rings. The van der Waals surface area contributed by atoms with E-state index in [4.69, 9.17) is 0 Å². The van der Waals surface area contributed by atoms with E-state index in [-0.39, 0.29) is 22.3 Å². The Morgan fingerprint density at radius 1 is 1.67 bits per heavy atom. The SMILES string of the molecule is Cc1c([N+](=O)[O-])cn(CC=O)c(=O)c1Br. The fourth-order valence-corrected chi connectivity index (χ4v) is 1.53. The Morgan fingerprint density at radius 2 is 2.27 bits per heavy atom. The van der Waals surface area contributed by atoms with Crippen molar-refractivity contribution in [3.8, 4) is 0 Å². The Morgan fingerprint density at radius 3 is 2.73 bits per heavy atom. The summed E-state index contributed by atoms with van der Waals surface area (Å²) in [6, 6.07) is 0. The Kier molecular flexibility index (Phi) is 3.35. The molecule has 0 aliphatic heterocycles. The second-order valence-electron chi connectivity index (χ2n) is 2.83. The van der Waals surface area contributed by atoms with Gasteiger partial charge >= 0.3 is 0 Å². The number of carbonyl (C=O) groups is 1. The quantitative estimate of drug-likeness (QED) is 0.468. The number of hydrogen-bond donors (Lipinski definition) is 0. The van der Waals surface area contributed by atoms with Crippen LogP contribution in [0.1, 0.15) is 5.56 Å². The fraction of sp³-hybridized carbons (Fsp3) is 0.250. The first-order valence-electron chi connectivity index (χ1n) is 3.96. The zero-order valence-corrected chi connectivity index (χ0v) is 9.35. The van der Waals surface area contributed by atoms with E-state index in [2.05, 4.69) is 15.9 Å². The fourth-order valence-electron chi connectivity index (χ4n) is 1.10. The molecule has 0 bridgehead atoms. The number of nitro groups is 1. The van der Waals surface area contributed by atoms with Crippen molar-refractivity contribution < 1.29 is 9.72 Å². The molecule has 0 saturated heterocycles. The van der Waals surface area contributed by atoms with Crippen LogP contribution in [0, 0.1) is 17.0 Å². The molecule has 0 fully saturated rings. The molecule has 0 spiro atoms. The van der Waals surface area contributed by atoms with E-state index in [1.54, 1.807) is 0 Å². The van der Waals surface area contributed by atoms with Gasteiger partial charge in [-0.1, -0.05) is 0 Å². The van der Waals surface area contributed by atoms with Crippen LogP contribution in [0.2, 0.25) is 0 Å². The molecule has 0 saturated carbocycles. The summed E-state index contributed by atoms with van der Waals surface area (Å²) in [4.78, 5) is 31.8. The molecular formula is C8H7BrN2O4. The van der Waals surface area contributed by atoms with Crippen LogP contribution in [0.5, 0.6) is 0 Å². The van der Waals surface area contributed by atoms with Gasteiger partial charge in [0.15, 0.2) is 0 Å². The highest BCUT2D eigenvalue weighted by Gasteiger charge is 2.17. The first-order chi connectivity index (χ1) is 6.99. The molecule has 0 aliphatic carbocycles. The lowest BCUT2D eigenvalue weighted by molar-refractivity contribution is -0.386. The Bertz CT molecular complexity index is 480. The van der Waals surface area contributed by atoms with E-state index >= 15 is 0 Å². The zero-order chi connectivity index (χ0) is 11.6. The molecular weight excluding hydrogens is 268 g/mol. The number of nitrogens with zero attached hydrogens (tertiary/aromatic N) is 2. The average Bonchev–Trinajstić information content (AvgIpc) is 2.18. The van der Waals surface area contributed by atoms with Gasteiger partial charge in [0.2, 0.25) is 0 Å². The van der Waals surface area contributed by atoms with E-state index in [0.717, 1.165) is 10.8 Å². The van der Waals surface area contributed by atoms with Crippen molar-refractivity contribution in [1.82, 2.24) is 4.57 Å². The molecule has 0 amide bonds. The van der Waals surface area contributed by atoms with Gasteiger partial charge in [-0.15, -0.1) is 0 Å².